The molecule has 0 aromatic rings. The summed E-state index contributed by atoms with van der Waals surface area (Å²) >= 11 is 10.1. The Morgan fingerprint density at radius 1 is 1.42 bits per heavy atom. The maximum atomic E-state index is 12.5. The predicted molar refractivity (Wildman–Crippen MR) is 49.9 cm³/mol. The Morgan fingerprint density at radius 2 is 2.17 bits per heavy atom. The number of halogens is 3. The van der Waals surface area contributed by atoms with Crippen LogP contribution in [0.4, 0.5) is 4.39 Å². The Morgan fingerprint density at radius 3 is 2.67 bits per heavy atom. The first-order valence-corrected chi connectivity index (χ1v) is 4.62. The van der Waals surface area contributed by atoms with Gasteiger partial charge in [0.05, 0.1) is 0 Å². The number of allylic oxidation sites excluding steroid dienone is 2. The summed E-state index contributed by atoms with van der Waals surface area (Å²) in [7, 11) is 0. The van der Waals surface area contributed by atoms with Crippen molar-refractivity contribution in [3.8, 4) is 11.8 Å². The van der Waals surface area contributed by atoms with Crippen molar-refractivity contribution in [2.24, 2.45) is 0 Å². The number of hydrogen-bond donors (Lipinski definition) is 0. The molecule has 0 saturated carbocycles. The molecule has 0 unspecified atom stereocenters. The second kappa shape index (κ2) is 4.16. The monoisotopic (exact) mass is 206 g/mol. The van der Waals surface area contributed by atoms with Crippen LogP contribution in [0, 0.1) is 11.8 Å². The first kappa shape index (κ1) is 9.89. The lowest BCUT2D eigenvalue weighted by atomic mass is 10.0. The molecule has 0 aliphatic heterocycles. The first-order valence-electron chi connectivity index (χ1n) is 3.87. The first-order chi connectivity index (χ1) is 5.58. The molecular weight excluding hydrogens is 198 g/mol. The van der Waals surface area contributed by atoms with E-state index in [4.69, 9.17) is 23.2 Å². The van der Waals surface area contributed by atoms with E-state index in [2.05, 4.69) is 11.8 Å². The van der Waals surface area contributed by atoms with Crippen LogP contribution >= 0.6 is 23.2 Å². The third-order valence-corrected chi connectivity index (χ3v) is 1.84. The summed E-state index contributed by atoms with van der Waals surface area (Å²) in [5.74, 6) is 4.77. The summed E-state index contributed by atoms with van der Waals surface area (Å²) in [5.41, 5.74) is 0.949. The quantitative estimate of drug-likeness (QED) is 0.420. The van der Waals surface area contributed by atoms with Gasteiger partial charge in [-0.2, -0.15) is 4.39 Å². The summed E-state index contributed by atoms with van der Waals surface area (Å²) in [5, 5.41) is 0. The highest BCUT2D eigenvalue weighted by molar-refractivity contribution is 6.49. The van der Waals surface area contributed by atoms with Crippen molar-refractivity contribution in [1.29, 1.82) is 0 Å². The third kappa shape index (κ3) is 3.99. The maximum absolute atomic E-state index is 12.5. The zero-order valence-electron chi connectivity index (χ0n) is 6.54. The van der Waals surface area contributed by atoms with Crippen molar-refractivity contribution in [3.05, 3.63) is 11.6 Å². The summed E-state index contributed by atoms with van der Waals surface area (Å²) in [6.07, 6.45) is 6.25. The van der Waals surface area contributed by atoms with Gasteiger partial charge in [0.2, 0.25) is 0 Å². The van der Waals surface area contributed by atoms with Gasteiger partial charge in [-0.1, -0.05) is 35.2 Å². The van der Waals surface area contributed by atoms with Crippen molar-refractivity contribution < 1.29 is 4.39 Å². The van der Waals surface area contributed by atoms with E-state index in [0.717, 1.165) is 24.8 Å². The van der Waals surface area contributed by atoms with Gasteiger partial charge in [0.25, 0.3) is 0 Å². The zero-order valence-corrected chi connectivity index (χ0v) is 8.05. The van der Waals surface area contributed by atoms with Gasteiger partial charge in [-0.05, 0) is 37.2 Å². The van der Waals surface area contributed by atoms with E-state index in [0.29, 0.717) is 0 Å². The van der Waals surface area contributed by atoms with Crippen LogP contribution in [0.2, 0.25) is 0 Å². The van der Waals surface area contributed by atoms with Crippen LogP contribution in [0.25, 0.3) is 0 Å². The van der Waals surface area contributed by atoms with E-state index in [-0.39, 0.29) is 0 Å². The molecule has 3 heteroatoms. The molecule has 0 bridgehead atoms. The lowest BCUT2D eigenvalue weighted by molar-refractivity contribution is 0.476. The van der Waals surface area contributed by atoms with Crippen molar-refractivity contribution in [1.82, 2.24) is 0 Å². The van der Waals surface area contributed by atoms with Crippen LogP contribution < -0.4 is 0 Å². The van der Waals surface area contributed by atoms with Crippen LogP contribution in [0.3, 0.4) is 0 Å². The molecule has 0 radical (unpaired) electrons. The SMILES string of the molecule is FC(Cl)(Cl)C#CC1=CCCCC1. The highest BCUT2D eigenvalue weighted by Crippen LogP contribution is 2.22. The Labute approximate surface area is 81.7 Å². The van der Waals surface area contributed by atoms with Crippen LogP contribution in [0.15, 0.2) is 11.6 Å². The molecule has 0 saturated heterocycles. The van der Waals surface area contributed by atoms with Gasteiger partial charge in [0.1, 0.15) is 0 Å². The molecule has 12 heavy (non-hydrogen) atoms. The van der Waals surface area contributed by atoms with Crippen LogP contribution in [0.1, 0.15) is 25.7 Å². The van der Waals surface area contributed by atoms with Crippen molar-refractivity contribution in [2.45, 2.75) is 30.3 Å². The molecule has 0 fully saturated rings. The van der Waals surface area contributed by atoms with E-state index in [1.165, 1.54) is 6.42 Å². The molecule has 1 rings (SSSR count). The van der Waals surface area contributed by atoms with Crippen molar-refractivity contribution >= 4 is 23.2 Å². The Kier molecular flexibility index (Phi) is 3.43. The van der Waals surface area contributed by atoms with E-state index in [9.17, 15) is 4.39 Å². The Bertz CT molecular complexity index is 239. The largest absolute Gasteiger partial charge is 0.319 e. The minimum atomic E-state index is -2.40. The second-order valence-corrected chi connectivity index (χ2v) is 3.96. The minimum absolute atomic E-state index is 0.914. The highest BCUT2D eigenvalue weighted by atomic mass is 35.5. The summed E-state index contributed by atoms with van der Waals surface area (Å²) in [6, 6.07) is 0. The van der Waals surface area contributed by atoms with E-state index in [1.54, 1.807) is 0 Å². The number of rotatable bonds is 0. The smallest absolute Gasteiger partial charge is 0.193 e. The fourth-order valence-electron chi connectivity index (χ4n) is 1.10. The lowest BCUT2D eigenvalue weighted by Gasteiger charge is -2.06. The molecule has 0 N–H and O–H groups in total. The summed E-state index contributed by atoms with van der Waals surface area (Å²) in [6.45, 7) is 0. The summed E-state index contributed by atoms with van der Waals surface area (Å²) in [4.78, 5) is 0. The third-order valence-electron chi connectivity index (χ3n) is 1.66. The average Bonchev–Trinajstić information content (AvgIpc) is 2.02. The number of hydrogen-bond acceptors (Lipinski definition) is 0. The molecule has 1 aliphatic carbocycles. The standard InChI is InChI=1S/C9H9Cl2F/c10-9(11,12)7-6-8-4-2-1-3-5-8/h4H,1-3,5H2. The molecule has 0 nitrogen and oxygen atoms in total. The maximum Gasteiger partial charge on any atom is 0.319 e. The van der Waals surface area contributed by atoms with Gasteiger partial charge in [-0.25, -0.2) is 0 Å². The molecule has 0 spiro atoms. The minimum Gasteiger partial charge on any atom is -0.193 e. The lowest BCUT2D eigenvalue weighted by Crippen LogP contribution is -1.98. The number of alkyl halides is 3. The second-order valence-electron chi connectivity index (χ2n) is 2.72. The van der Waals surface area contributed by atoms with Gasteiger partial charge in [0.15, 0.2) is 0 Å². The molecule has 0 aromatic carbocycles. The van der Waals surface area contributed by atoms with Gasteiger partial charge in [0, 0.05) is 0 Å². The Hall–Kier alpha value is -0.190. The van der Waals surface area contributed by atoms with E-state index < -0.39 is 4.59 Å². The van der Waals surface area contributed by atoms with Crippen LogP contribution in [-0.4, -0.2) is 4.59 Å². The van der Waals surface area contributed by atoms with Crippen molar-refractivity contribution in [3.63, 3.8) is 0 Å². The Balaban J connectivity index is 2.58. The van der Waals surface area contributed by atoms with Gasteiger partial charge >= 0.3 is 4.59 Å². The normalized spacial score (nSPS) is 17.8. The fraction of sp³-hybridized carbons (Fsp3) is 0.556. The molecule has 0 heterocycles. The fourth-order valence-corrected chi connectivity index (χ4v) is 1.20. The molecule has 0 amide bonds. The highest BCUT2D eigenvalue weighted by Gasteiger charge is 2.17. The molecular formula is C9H9Cl2F. The van der Waals surface area contributed by atoms with Crippen LogP contribution in [0.5, 0.6) is 0 Å². The topological polar surface area (TPSA) is 0 Å². The van der Waals surface area contributed by atoms with E-state index >= 15 is 0 Å². The van der Waals surface area contributed by atoms with Crippen molar-refractivity contribution in [2.75, 3.05) is 0 Å². The molecule has 0 atom stereocenters. The van der Waals surface area contributed by atoms with Gasteiger partial charge < -0.3 is 0 Å². The molecule has 1 aliphatic rings. The average molecular weight is 207 g/mol. The summed E-state index contributed by atoms with van der Waals surface area (Å²) < 4.78 is 10.1. The predicted octanol–water partition coefficient (Wildman–Crippen LogP) is 3.59. The molecule has 0 aromatic heterocycles. The van der Waals surface area contributed by atoms with Gasteiger partial charge in [-0.15, -0.1) is 0 Å². The molecule has 66 valence electrons. The van der Waals surface area contributed by atoms with Crippen LogP contribution in [-0.2, 0) is 0 Å². The van der Waals surface area contributed by atoms with E-state index in [1.807, 2.05) is 6.08 Å². The van der Waals surface area contributed by atoms with Gasteiger partial charge in [-0.3, -0.25) is 0 Å². The zero-order chi connectivity index (χ0) is 9.03.